The summed E-state index contributed by atoms with van der Waals surface area (Å²) in [6, 6.07) is 4.59. The Bertz CT molecular complexity index is 1000. The Morgan fingerprint density at radius 1 is 0.853 bits per heavy atom. The highest BCUT2D eigenvalue weighted by Gasteiger charge is 2.37. The number of nitrogens with zero attached hydrogens (tertiary/aromatic N) is 1. The van der Waals surface area contributed by atoms with Crippen molar-refractivity contribution in [1.29, 1.82) is 0 Å². The van der Waals surface area contributed by atoms with Crippen LogP contribution in [0.1, 0.15) is 22.3 Å². The lowest BCUT2D eigenvalue weighted by Crippen LogP contribution is -2.12. The molecule has 1 N–H and O–H groups in total. The van der Waals surface area contributed by atoms with E-state index in [-0.39, 0.29) is 22.2 Å². The summed E-state index contributed by atoms with van der Waals surface area (Å²) in [4.78, 5) is 4.19. The standard InChI is InChI=1S/C21H16F9NO2S/c1-34-18(10-32)17(31-9-12-2-4-13(5-3-12)19(22,23)24)11-33-16-7-14(20(25,26)27)6-15(8-16)21(28,29)30/h2-9,32H,10-11H2,1H3/b18-17-,31-9?. The second-order valence-electron chi connectivity index (χ2n) is 6.64. The molecule has 0 heterocycles. The summed E-state index contributed by atoms with van der Waals surface area (Å²) in [5.74, 6) is -0.734. The zero-order valence-corrected chi connectivity index (χ0v) is 18.0. The van der Waals surface area contributed by atoms with Crippen LogP contribution in [0.3, 0.4) is 0 Å². The van der Waals surface area contributed by atoms with Crippen LogP contribution in [-0.4, -0.2) is 30.8 Å². The lowest BCUT2D eigenvalue weighted by Gasteiger charge is -2.15. The van der Waals surface area contributed by atoms with Crippen molar-refractivity contribution >= 4 is 18.0 Å². The summed E-state index contributed by atoms with van der Waals surface area (Å²) in [6.07, 6.45) is -12.0. The summed E-state index contributed by atoms with van der Waals surface area (Å²) >= 11 is 0.996. The number of halogens is 9. The van der Waals surface area contributed by atoms with E-state index in [2.05, 4.69) is 4.99 Å². The molecular formula is C21H16F9NO2S. The van der Waals surface area contributed by atoms with Crippen molar-refractivity contribution in [1.82, 2.24) is 0 Å². The van der Waals surface area contributed by atoms with Crippen molar-refractivity contribution in [2.24, 2.45) is 4.99 Å². The number of alkyl halides is 9. The van der Waals surface area contributed by atoms with Crippen LogP contribution in [0.25, 0.3) is 0 Å². The fourth-order valence-electron chi connectivity index (χ4n) is 2.54. The average Bonchev–Trinajstić information content (AvgIpc) is 2.74. The molecule has 0 bridgehead atoms. The Labute approximate surface area is 191 Å². The first-order valence-electron chi connectivity index (χ1n) is 9.15. The smallest absolute Gasteiger partial charge is 0.416 e. The van der Waals surface area contributed by atoms with E-state index in [0.717, 1.165) is 42.2 Å². The highest BCUT2D eigenvalue weighted by molar-refractivity contribution is 8.02. The lowest BCUT2D eigenvalue weighted by atomic mass is 10.1. The van der Waals surface area contributed by atoms with E-state index < -0.39 is 54.2 Å². The summed E-state index contributed by atoms with van der Waals surface area (Å²) < 4.78 is 121. The van der Waals surface area contributed by atoms with E-state index in [1.54, 1.807) is 0 Å². The monoisotopic (exact) mass is 517 g/mol. The summed E-state index contributed by atoms with van der Waals surface area (Å²) in [7, 11) is 0. The zero-order chi connectivity index (χ0) is 25.7. The Balaban J connectivity index is 2.33. The molecule has 0 amide bonds. The predicted octanol–water partition coefficient (Wildman–Crippen LogP) is 6.81. The van der Waals surface area contributed by atoms with Gasteiger partial charge in [0.05, 0.1) is 29.0 Å². The number of hydrogen-bond donors (Lipinski definition) is 1. The van der Waals surface area contributed by atoms with Crippen LogP contribution >= 0.6 is 11.8 Å². The minimum atomic E-state index is -5.06. The van der Waals surface area contributed by atoms with Gasteiger partial charge in [-0.1, -0.05) is 12.1 Å². The van der Waals surface area contributed by atoms with Gasteiger partial charge in [-0.05, 0) is 42.2 Å². The molecule has 13 heteroatoms. The van der Waals surface area contributed by atoms with E-state index in [0.29, 0.717) is 12.1 Å². The number of aliphatic imine (C=N–C) groups is 1. The molecule has 34 heavy (non-hydrogen) atoms. The van der Waals surface area contributed by atoms with E-state index in [4.69, 9.17) is 4.74 Å². The number of thioether (sulfide) groups is 1. The average molecular weight is 517 g/mol. The van der Waals surface area contributed by atoms with Crippen LogP contribution in [0.2, 0.25) is 0 Å². The van der Waals surface area contributed by atoms with Crippen LogP contribution in [0.4, 0.5) is 39.5 Å². The normalized spacial score (nSPS) is 13.9. The van der Waals surface area contributed by atoms with Crippen LogP contribution in [0.5, 0.6) is 5.75 Å². The van der Waals surface area contributed by atoms with Crippen molar-refractivity contribution in [3.05, 3.63) is 75.3 Å². The largest absolute Gasteiger partial charge is 0.487 e. The molecule has 0 spiro atoms. The Hall–Kier alpha value is -2.67. The Morgan fingerprint density at radius 3 is 1.76 bits per heavy atom. The molecule has 0 aliphatic rings. The second-order valence-corrected chi connectivity index (χ2v) is 7.54. The molecular weight excluding hydrogens is 501 g/mol. The molecule has 2 aromatic rings. The number of benzene rings is 2. The number of aliphatic hydroxyl groups is 1. The molecule has 2 rings (SSSR count). The maximum absolute atomic E-state index is 13.0. The molecule has 186 valence electrons. The molecule has 0 aromatic heterocycles. The SMILES string of the molecule is CS/C(CO)=C(/COc1cc(C(F)(F)F)cc(C(F)(F)F)c1)N=Cc1ccc(C(F)(F)F)cc1. The Morgan fingerprint density at radius 2 is 1.35 bits per heavy atom. The molecule has 2 aromatic carbocycles. The van der Waals surface area contributed by atoms with Gasteiger partial charge in [0.1, 0.15) is 12.4 Å². The van der Waals surface area contributed by atoms with Gasteiger partial charge in [-0.15, -0.1) is 11.8 Å². The third-order valence-electron chi connectivity index (χ3n) is 4.26. The maximum Gasteiger partial charge on any atom is 0.416 e. The van der Waals surface area contributed by atoms with Crippen LogP contribution in [-0.2, 0) is 18.5 Å². The predicted molar refractivity (Wildman–Crippen MR) is 109 cm³/mol. The molecule has 0 aliphatic carbocycles. The summed E-state index contributed by atoms with van der Waals surface area (Å²) in [5, 5.41) is 9.49. The number of hydrogen-bond acceptors (Lipinski definition) is 4. The summed E-state index contributed by atoms with van der Waals surface area (Å²) in [5.41, 5.74) is -3.84. The van der Waals surface area contributed by atoms with Gasteiger partial charge >= 0.3 is 18.5 Å². The van der Waals surface area contributed by atoms with Gasteiger partial charge in [0, 0.05) is 11.1 Å². The van der Waals surface area contributed by atoms with Crippen LogP contribution in [0, 0.1) is 0 Å². The number of rotatable bonds is 7. The first-order chi connectivity index (χ1) is 15.6. The molecule has 0 fully saturated rings. The maximum atomic E-state index is 13.0. The highest BCUT2D eigenvalue weighted by atomic mass is 32.2. The third kappa shape index (κ3) is 7.69. The molecule has 0 aliphatic heterocycles. The van der Waals surface area contributed by atoms with Crippen molar-refractivity contribution in [2.75, 3.05) is 19.5 Å². The van der Waals surface area contributed by atoms with Gasteiger partial charge in [0.25, 0.3) is 0 Å². The van der Waals surface area contributed by atoms with Gasteiger partial charge in [-0.2, -0.15) is 39.5 Å². The first kappa shape index (κ1) is 27.6. The van der Waals surface area contributed by atoms with Gasteiger partial charge in [-0.25, -0.2) is 0 Å². The molecule has 0 unspecified atom stereocenters. The minimum absolute atomic E-state index is 0.0409. The summed E-state index contributed by atoms with van der Waals surface area (Å²) in [6.45, 7) is -1.19. The fraction of sp³-hybridized carbons (Fsp3) is 0.286. The second kappa shape index (κ2) is 10.7. The van der Waals surface area contributed by atoms with Gasteiger partial charge in [0.15, 0.2) is 0 Å². The van der Waals surface area contributed by atoms with E-state index >= 15 is 0 Å². The van der Waals surface area contributed by atoms with Gasteiger partial charge < -0.3 is 9.84 Å². The van der Waals surface area contributed by atoms with Crippen LogP contribution < -0.4 is 4.74 Å². The van der Waals surface area contributed by atoms with E-state index in [1.807, 2.05) is 0 Å². The minimum Gasteiger partial charge on any atom is -0.487 e. The fourth-order valence-corrected chi connectivity index (χ4v) is 3.01. The van der Waals surface area contributed by atoms with Crippen molar-refractivity contribution in [3.8, 4) is 5.75 Å². The topological polar surface area (TPSA) is 41.8 Å². The quantitative estimate of drug-likeness (QED) is 0.324. The molecule has 0 saturated carbocycles. The van der Waals surface area contributed by atoms with Crippen LogP contribution in [0.15, 0.2) is 58.1 Å². The number of ether oxygens (including phenoxy) is 1. The highest BCUT2D eigenvalue weighted by Crippen LogP contribution is 2.38. The lowest BCUT2D eigenvalue weighted by molar-refractivity contribution is -0.143. The third-order valence-corrected chi connectivity index (χ3v) is 5.11. The molecule has 3 nitrogen and oxygen atoms in total. The van der Waals surface area contributed by atoms with Gasteiger partial charge in [0.2, 0.25) is 0 Å². The van der Waals surface area contributed by atoms with Crippen molar-refractivity contribution in [2.45, 2.75) is 18.5 Å². The molecule has 0 atom stereocenters. The molecule has 0 saturated heterocycles. The molecule has 0 radical (unpaired) electrons. The van der Waals surface area contributed by atoms with Crippen molar-refractivity contribution < 1.29 is 49.4 Å². The van der Waals surface area contributed by atoms with Crippen molar-refractivity contribution in [3.63, 3.8) is 0 Å². The first-order valence-corrected chi connectivity index (χ1v) is 10.4. The Kier molecular flexibility index (Phi) is 8.70. The number of aliphatic hydroxyl groups excluding tert-OH is 1. The zero-order valence-electron chi connectivity index (χ0n) is 17.1. The van der Waals surface area contributed by atoms with E-state index in [1.165, 1.54) is 6.26 Å². The van der Waals surface area contributed by atoms with E-state index in [9.17, 15) is 44.6 Å². The van der Waals surface area contributed by atoms with Gasteiger partial charge in [-0.3, -0.25) is 4.99 Å².